The molecule has 1 heterocycles. The van der Waals surface area contributed by atoms with Crippen molar-refractivity contribution >= 4 is 0 Å². The van der Waals surface area contributed by atoms with E-state index in [1.807, 2.05) is 36.4 Å². The molecule has 0 amide bonds. The minimum absolute atomic E-state index is 0.217. The molecule has 21 heavy (non-hydrogen) atoms. The minimum atomic E-state index is -0.622. The van der Waals surface area contributed by atoms with Crippen LogP contribution in [0.3, 0.4) is 0 Å². The van der Waals surface area contributed by atoms with Crippen molar-refractivity contribution in [2.75, 3.05) is 19.7 Å². The number of hydrogen-bond acceptors (Lipinski definition) is 5. The number of hydrogen-bond donors (Lipinski definition) is 3. The third-order valence-corrected chi connectivity index (χ3v) is 3.04. The molecule has 3 N–H and O–H groups in total. The predicted octanol–water partition coefficient (Wildman–Crippen LogP) is 1.48. The van der Waals surface area contributed by atoms with Crippen molar-refractivity contribution in [1.82, 2.24) is 5.32 Å². The molecule has 2 atom stereocenters. The second-order valence-electron chi connectivity index (χ2n) is 4.83. The summed E-state index contributed by atoms with van der Waals surface area (Å²) in [5, 5.41) is 22.7. The fourth-order valence-corrected chi connectivity index (χ4v) is 1.93. The highest BCUT2D eigenvalue weighted by atomic mass is 16.5. The maximum Gasteiger partial charge on any atom is 0.129 e. The van der Waals surface area contributed by atoms with Gasteiger partial charge >= 0.3 is 0 Å². The molecule has 2 aromatic rings. The normalized spacial score (nSPS) is 14.0. The Labute approximate surface area is 124 Å². The number of aliphatic hydroxyl groups excluding tert-OH is 2. The minimum Gasteiger partial charge on any atom is -0.467 e. The topological polar surface area (TPSA) is 74.9 Å². The Kier molecular flexibility index (Phi) is 6.43. The number of benzene rings is 1. The van der Waals surface area contributed by atoms with Gasteiger partial charge in [-0.1, -0.05) is 30.3 Å². The molecular formula is C16H21NO4. The molecule has 1 aromatic carbocycles. The lowest BCUT2D eigenvalue weighted by atomic mass is 10.1. The van der Waals surface area contributed by atoms with Gasteiger partial charge in [0.05, 0.1) is 25.1 Å². The first-order chi connectivity index (χ1) is 10.3. The SMILES string of the molecule is OC(CNCC(O)c1ccccc1)COCc1ccco1. The molecule has 5 heteroatoms. The van der Waals surface area contributed by atoms with E-state index in [4.69, 9.17) is 9.15 Å². The summed E-state index contributed by atoms with van der Waals surface area (Å²) in [6, 6.07) is 13.0. The van der Waals surface area contributed by atoms with E-state index in [1.54, 1.807) is 12.3 Å². The van der Waals surface area contributed by atoms with Crippen molar-refractivity contribution in [3.8, 4) is 0 Å². The van der Waals surface area contributed by atoms with Crippen molar-refractivity contribution in [2.45, 2.75) is 18.8 Å². The first-order valence-electron chi connectivity index (χ1n) is 6.97. The van der Waals surface area contributed by atoms with Gasteiger partial charge in [0.25, 0.3) is 0 Å². The van der Waals surface area contributed by atoms with Crippen LogP contribution in [0, 0.1) is 0 Å². The smallest absolute Gasteiger partial charge is 0.129 e. The summed E-state index contributed by atoms with van der Waals surface area (Å²) < 4.78 is 10.5. The van der Waals surface area contributed by atoms with Crippen LogP contribution in [-0.2, 0) is 11.3 Å². The van der Waals surface area contributed by atoms with Gasteiger partial charge < -0.3 is 24.7 Å². The summed E-state index contributed by atoms with van der Waals surface area (Å²) in [5.74, 6) is 0.731. The highest BCUT2D eigenvalue weighted by molar-refractivity contribution is 5.17. The molecule has 0 aliphatic carbocycles. The second-order valence-corrected chi connectivity index (χ2v) is 4.83. The average Bonchev–Trinajstić information content (AvgIpc) is 3.01. The van der Waals surface area contributed by atoms with E-state index in [0.717, 1.165) is 11.3 Å². The lowest BCUT2D eigenvalue weighted by Gasteiger charge is -2.15. The third kappa shape index (κ3) is 5.69. The van der Waals surface area contributed by atoms with Crippen LogP contribution in [0.4, 0.5) is 0 Å². The molecule has 0 aliphatic rings. The summed E-state index contributed by atoms with van der Waals surface area (Å²) in [4.78, 5) is 0. The standard InChI is InChI=1S/C16H21NO4/c18-14(11-20-12-15-7-4-8-21-15)9-17-10-16(19)13-5-2-1-3-6-13/h1-8,14,16-19H,9-12H2. The maximum absolute atomic E-state index is 9.95. The number of aliphatic hydroxyl groups is 2. The molecule has 1 aromatic heterocycles. The predicted molar refractivity (Wildman–Crippen MR) is 78.6 cm³/mol. The molecule has 2 unspecified atom stereocenters. The van der Waals surface area contributed by atoms with Gasteiger partial charge in [0.15, 0.2) is 0 Å². The molecule has 0 radical (unpaired) electrons. The van der Waals surface area contributed by atoms with E-state index in [0.29, 0.717) is 19.7 Å². The summed E-state index contributed by atoms with van der Waals surface area (Å²) in [5.41, 5.74) is 0.855. The van der Waals surface area contributed by atoms with Gasteiger partial charge in [-0.25, -0.2) is 0 Å². The van der Waals surface area contributed by atoms with Crippen molar-refractivity contribution in [3.63, 3.8) is 0 Å². The van der Waals surface area contributed by atoms with Crippen LogP contribution < -0.4 is 5.32 Å². The van der Waals surface area contributed by atoms with Gasteiger partial charge in [-0.15, -0.1) is 0 Å². The maximum atomic E-state index is 9.95. The highest BCUT2D eigenvalue weighted by Crippen LogP contribution is 2.10. The first kappa shape index (κ1) is 15.7. The molecule has 0 spiro atoms. The lowest BCUT2D eigenvalue weighted by Crippen LogP contribution is -2.33. The van der Waals surface area contributed by atoms with Gasteiger partial charge in [0, 0.05) is 13.1 Å². The Morgan fingerprint density at radius 2 is 1.86 bits per heavy atom. The zero-order valence-corrected chi connectivity index (χ0v) is 11.8. The quantitative estimate of drug-likeness (QED) is 0.652. The van der Waals surface area contributed by atoms with Crippen LogP contribution in [0.5, 0.6) is 0 Å². The number of nitrogens with one attached hydrogen (secondary N) is 1. The Hall–Kier alpha value is -1.66. The monoisotopic (exact) mass is 291 g/mol. The van der Waals surface area contributed by atoms with Crippen LogP contribution in [-0.4, -0.2) is 36.0 Å². The van der Waals surface area contributed by atoms with Crippen LogP contribution in [0.2, 0.25) is 0 Å². The molecule has 0 aliphatic heterocycles. The Balaban J connectivity index is 1.57. The van der Waals surface area contributed by atoms with Crippen molar-refractivity contribution in [2.24, 2.45) is 0 Å². The van der Waals surface area contributed by atoms with Crippen LogP contribution in [0.15, 0.2) is 53.1 Å². The Bertz CT molecular complexity index is 486. The number of ether oxygens (including phenoxy) is 1. The largest absolute Gasteiger partial charge is 0.467 e. The van der Waals surface area contributed by atoms with Gasteiger partial charge in [-0.05, 0) is 17.7 Å². The Morgan fingerprint density at radius 3 is 2.57 bits per heavy atom. The lowest BCUT2D eigenvalue weighted by molar-refractivity contribution is 0.0213. The van der Waals surface area contributed by atoms with Crippen molar-refractivity contribution in [1.29, 1.82) is 0 Å². The zero-order valence-electron chi connectivity index (χ0n) is 11.8. The molecule has 2 rings (SSSR count). The molecule has 0 fully saturated rings. The molecule has 0 saturated carbocycles. The van der Waals surface area contributed by atoms with Crippen LogP contribution in [0.1, 0.15) is 17.4 Å². The summed E-state index contributed by atoms with van der Waals surface area (Å²) >= 11 is 0. The number of furan rings is 1. The highest BCUT2D eigenvalue weighted by Gasteiger charge is 2.09. The summed E-state index contributed by atoms with van der Waals surface area (Å²) in [6.07, 6.45) is 0.382. The van der Waals surface area contributed by atoms with E-state index in [-0.39, 0.29) is 6.61 Å². The van der Waals surface area contributed by atoms with E-state index < -0.39 is 12.2 Å². The zero-order chi connectivity index (χ0) is 14.9. The molecule has 0 bridgehead atoms. The van der Waals surface area contributed by atoms with E-state index in [1.165, 1.54) is 0 Å². The van der Waals surface area contributed by atoms with Crippen molar-refractivity contribution in [3.05, 3.63) is 60.1 Å². The van der Waals surface area contributed by atoms with E-state index in [9.17, 15) is 10.2 Å². The van der Waals surface area contributed by atoms with Gasteiger partial charge in [0.2, 0.25) is 0 Å². The molecule has 114 valence electrons. The van der Waals surface area contributed by atoms with Crippen LogP contribution in [0.25, 0.3) is 0 Å². The fourth-order valence-electron chi connectivity index (χ4n) is 1.93. The molecular weight excluding hydrogens is 270 g/mol. The number of rotatable bonds is 9. The first-order valence-corrected chi connectivity index (χ1v) is 6.97. The molecule has 0 saturated heterocycles. The second kappa shape index (κ2) is 8.59. The summed E-state index contributed by atoms with van der Waals surface area (Å²) in [6.45, 7) is 1.31. The fraction of sp³-hybridized carbons (Fsp3) is 0.375. The van der Waals surface area contributed by atoms with Gasteiger partial charge in [-0.3, -0.25) is 0 Å². The van der Waals surface area contributed by atoms with Crippen molar-refractivity contribution < 1.29 is 19.4 Å². The van der Waals surface area contributed by atoms with Gasteiger partial charge in [0.1, 0.15) is 12.4 Å². The average molecular weight is 291 g/mol. The third-order valence-electron chi connectivity index (χ3n) is 3.04. The molecule has 5 nitrogen and oxygen atoms in total. The van der Waals surface area contributed by atoms with E-state index >= 15 is 0 Å². The van der Waals surface area contributed by atoms with E-state index in [2.05, 4.69) is 5.32 Å². The van der Waals surface area contributed by atoms with Gasteiger partial charge in [-0.2, -0.15) is 0 Å². The summed E-state index contributed by atoms with van der Waals surface area (Å²) in [7, 11) is 0. The Morgan fingerprint density at radius 1 is 1.05 bits per heavy atom. The van der Waals surface area contributed by atoms with Crippen LogP contribution >= 0.6 is 0 Å².